The lowest BCUT2D eigenvalue weighted by Gasteiger charge is -2.35. The first-order valence-corrected chi connectivity index (χ1v) is 11.3. The highest BCUT2D eigenvalue weighted by molar-refractivity contribution is 7.13. The van der Waals surface area contributed by atoms with Crippen LogP contribution in [0.3, 0.4) is 0 Å². The molecule has 30 heavy (non-hydrogen) atoms. The normalized spacial score (nSPS) is 19.7. The lowest BCUT2D eigenvalue weighted by atomic mass is 10.2. The maximum Gasteiger partial charge on any atom is 0.270 e. The van der Waals surface area contributed by atoms with Crippen LogP contribution in [-0.2, 0) is 4.74 Å². The number of carbonyl (C=O) groups excluding carboxylic acids is 1. The number of benzene rings is 1. The fourth-order valence-corrected chi connectivity index (χ4v) is 4.60. The zero-order chi connectivity index (χ0) is 20.9. The number of amides is 1. The molecule has 1 fully saturated rings. The number of morpholine rings is 1. The second kappa shape index (κ2) is 9.55. The summed E-state index contributed by atoms with van der Waals surface area (Å²) in [6.07, 6.45) is 1.43. The first kappa shape index (κ1) is 20.8. The molecule has 0 aliphatic carbocycles. The predicted molar refractivity (Wildman–Crippen MR) is 120 cm³/mol. The second-order valence-electron chi connectivity index (χ2n) is 7.77. The summed E-state index contributed by atoms with van der Waals surface area (Å²) in [7, 11) is 0. The Bertz CT molecular complexity index is 945. The van der Waals surface area contributed by atoms with Gasteiger partial charge in [-0.15, -0.1) is 11.3 Å². The number of carbonyl (C=O) groups is 1. The van der Waals surface area contributed by atoms with E-state index >= 15 is 0 Å². The Kier molecular flexibility index (Phi) is 6.62. The molecular formula is C23H28N4O2S. The maximum atomic E-state index is 13.0. The van der Waals surface area contributed by atoms with Crippen molar-refractivity contribution in [1.29, 1.82) is 0 Å². The Balaban J connectivity index is 1.41. The van der Waals surface area contributed by atoms with E-state index in [2.05, 4.69) is 24.1 Å². The van der Waals surface area contributed by atoms with Crippen molar-refractivity contribution in [3.05, 3.63) is 59.6 Å². The lowest BCUT2D eigenvalue weighted by molar-refractivity contribution is -0.0680. The minimum Gasteiger partial charge on any atom is -0.373 e. The molecule has 0 spiro atoms. The van der Waals surface area contributed by atoms with Gasteiger partial charge in [0.2, 0.25) is 0 Å². The SMILES string of the molecule is C[C@@H]1CN(CCCNC(=O)c2cc(-c3cccs3)nn2-c2ccccc2)C[C@H](C)O1. The molecule has 7 heteroatoms. The predicted octanol–water partition coefficient (Wildman–Crippen LogP) is 3.83. The van der Waals surface area contributed by atoms with E-state index in [1.807, 2.05) is 53.9 Å². The van der Waals surface area contributed by atoms with E-state index in [1.54, 1.807) is 16.0 Å². The third kappa shape index (κ3) is 4.98. The van der Waals surface area contributed by atoms with Crippen LogP contribution in [-0.4, -0.2) is 59.0 Å². The van der Waals surface area contributed by atoms with Crippen LogP contribution in [0.4, 0.5) is 0 Å². The topological polar surface area (TPSA) is 59.4 Å². The first-order valence-electron chi connectivity index (χ1n) is 10.5. The van der Waals surface area contributed by atoms with Crippen molar-refractivity contribution in [2.24, 2.45) is 0 Å². The summed E-state index contributed by atoms with van der Waals surface area (Å²) in [6.45, 7) is 7.71. The number of thiophene rings is 1. The fraction of sp³-hybridized carbons (Fsp3) is 0.391. The summed E-state index contributed by atoms with van der Waals surface area (Å²) in [5, 5.41) is 9.80. The minimum atomic E-state index is -0.0992. The Morgan fingerprint density at radius 2 is 1.93 bits per heavy atom. The quantitative estimate of drug-likeness (QED) is 0.586. The van der Waals surface area contributed by atoms with Gasteiger partial charge in [-0.2, -0.15) is 5.10 Å². The summed E-state index contributed by atoms with van der Waals surface area (Å²) < 4.78 is 7.52. The van der Waals surface area contributed by atoms with E-state index < -0.39 is 0 Å². The molecule has 0 radical (unpaired) electrons. The third-order valence-corrected chi connectivity index (χ3v) is 6.04. The van der Waals surface area contributed by atoms with Crippen LogP contribution in [0.1, 0.15) is 30.8 Å². The highest BCUT2D eigenvalue weighted by Gasteiger charge is 2.22. The number of nitrogens with zero attached hydrogens (tertiary/aromatic N) is 3. The van der Waals surface area contributed by atoms with Crippen LogP contribution in [0.2, 0.25) is 0 Å². The molecule has 0 bridgehead atoms. The van der Waals surface area contributed by atoms with Crippen molar-refractivity contribution < 1.29 is 9.53 Å². The Hall–Kier alpha value is -2.48. The van der Waals surface area contributed by atoms with Gasteiger partial charge in [-0.3, -0.25) is 9.69 Å². The van der Waals surface area contributed by atoms with Crippen molar-refractivity contribution >= 4 is 17.2 Å². The summed E-state index contributed by atoms with van der Waals surface area (Å²) >= 11 is 1.62. The van der Waals surface area contributed by atoms with Gasteiger partial charge in [0.25, 0.3) is 5.91 Å². The molecule has 0 unspecified atom stereocenters. The van der Waals surface area contributed by atoms with E-state index in [0.717, 1.165) is 42.3 Å². The largest absolute Gasteiger partial charge is 0.373 e. The Morgan fingerprint density at radius 1 is 1.17 bits per heavy atom. The van der Waals surface area contributed by atoms with Gasteiger partial charge in [-0.25, -0.2) is 4.68 Å². The van der Waals surface area contributed by atoms with Gasteiger partial charge in [-0.05, 0) is 49.9 Å². The molecule has 4 rings (SSSR count). The van der Waals surface area contributed by atoms with Crippen LogP contribution >= 0.6 is 11.3 Å². The maximum absolute atomic E-state index is 13.0. The van der Waals surface area contributed by atoms with Crippen LogP contribution in [0, 0.1) is 0 Å². The van der Waals surface area contributed by atoms with E-state index in [-0.39, 0.29) is 18.1 Å². The lowest BCUT2D eigenvalue weighted by Crippen LogP contribution is -2.46. The number of hydrogen-bond acceptors (Lipinski definition) is 5. The number of ether oxygens (including phenoxy) is 1. The highest BCUT2D eigenvalue weighted by atomic mass is 32.1. The van der Waals surface area contributed by atoms with Crippen LogP contribution in [0.25, 0.3) is 16.3 Å². The number of hydrogen-bond donors (Lipinski definition) is 1. The monoisotopic (exact) mass is 424 g/mol. The van der Waals surface area contributed by atoms with Crippen molar-refractivity contribution in [2.45, 2.75) is 32.5 Å². The number of aromatic nitrogens is 2. The average Bonchev–Trinajstić information content (AvgIpc) is 3.41. The summed E-state index contributed by atoms with van der Waals surface area (Å²) in [4.78, 5) is 16.4. The number of para-hydroxylation sites is 1. The summed E-state index contributed by atoms with van der Waals surface area (Å²) in [6, 6.07) is 15.7. The number of nitrogens with one attached hydrogen (secondary N) is 1. The van der Waals surface area contributed by atoms with Gasteiger partial charge in [0, 0.05) is 26.2 Å². The molecule has 3 aromatic rings. The molecule has 158 valence electrons. The Labute approximate surface area is 181 Å². The molecule has 3 heterocycles. The second-order valence-corrected chi connectivity index (χ2v) is 8.71. The van der Waals surface area contributed by atoms with E-state index in [0.29, 0.717) is 12.2 Å². The van der Waals surface area contributed by atoms with E-state index in [4.69, 9.17) is 9.84 Å². The van der Waals surface area contributed by atoms with Crippen molar-refractivity contribution in [2.75, 3.05) is 26.2 Å². The summed E-state index contributed by atoms with van der Waals surface area (Å²) in [5.41, 5.74) is 2.25. The van der Waals surface area contributed by atoms with Gasteiger partial charge in [-0.1, -0.05) is 24.3 Å². The molecule has 1 aromatic carbocycles. The van der Waals surface area contributed by atoms with E-state index in [1.165, 1.54) is 0 Å². The molecule has 6 nitrogen and oxygen atoms in total. The van der Waals surface area contributed by atoms with Gasteiger partial charge in [0.05, 0.1) is 22.8 Å². The number of rotatable bonds is 7. The third-order valence-electron chi connectivity index (χ3n) is 5.15. The van der Waals surface area contributed by atoms with Crippen LogP contribution < -0.4 is 5.32 Å². The average molecular weight is 425 g/mol. The molecule has 1 N–H and O–H groups in total. The smallest absolute Gasteiger partial charge is 0.270 e. The molecule has 1 aliphatic rings. The minimum absolute atomic E-state index is 0.0992. The zero-order valence-electron chi connectivity index (χ0n) is 17.5. The molecule has 1 aliphatic heterocycles. The first-order chi connectivity index (χ1) is 14.6. The van der Waals surface area contributed by atoms with Crippen molar-refractivity contribution in [3.8, 4) is 16.3 Å². The van der Waals surface area contributed by atoms with E-state index in [9.17, 15) is 4.79 Å². The Morgan fingerprint density at radius 3 is 2.63 bits per heavy atom. The van der Waals surface area contributed by atoms with Gasteiger partial charge >= 0.3 is 0 Å². The molecule has 2 atom stereocenters. The van der Waals surface area contributed by atoms with Crippen molar-refractivity contribution in [1.82, 2.24) is 20.0 Å². The molecular weight excluding hydrogens is 396 g/mol. The zero-order valence-corrected chi connectivity index (χ0v) is 18.3. The fourth-order valence-electron chi connectivity index (χ4n) is 3.92. The van der Waals surface area contributed by atoms with Gasteiger partial charge in [0.1, 0.15) is 11.4 Å². The summed E-state index contributed by atoms with van der Waals surface area (Å²) in [5.74, 6) is -0.0992. The molecule has 1 saturated heterocycles. The van der Waals surface area contributed by atoms with Crippen LogP contribution in [0.5, 0.6) is 0 Å². The standard InChI is InChI=1S/C23H28N4O2S/c1-17-15-26(16-18(2)29-17)12-7-11-24-23(28)21-14-20(22-10-6-13-30-22)25-27(21)19-8-4-3-5-9-19/h3-6,8-10,13-14,17-18H,7,11-12,15-16H2,1-2H3,(H,24,28)/t17-,18+. The molecule has 0 saturated carbocycles. The van der Waals surface area contributed by atoms with Gasteiger partial charge < -0.3 is 10.1 Å². The molecule has 2 aromatic heterocycles. The van der Waals surface area contributed by atoms with Crippen LogP contribution in [0.15, 0.2) is 53.9 Å². The highest BCUT2D eigenvalue weighted by Crippen LogP contribution is 2.25. The molecule has 1 amide bonds. The van der Waals surface area contributed by atoms with Gasteiger partial charge in [0.15, 0.2) is 0 Å². The van der Waals surface area contributed by atoms with Crippen molar-refractivity contribution in [3.63, 3.8) is 0 Å².